The number of ether oxygens (including phenoxy) is 1. The number of nitrogens with zero attached hydrogens (tertiary/aromatic N) is 1. The number of nitriles is 1. The Kier molecular flexibility index (Phi) is 8.01. The maximum Gasteiger partial charge on any atom is 0.266 e. The van der Waals surface area contributed by atoms with E-state index in [1.54, 1.807) is 36.4 Å². The van der Waals surface area contributed by atoms with E-state index in [4.69, 9.17) is 4.74 Å². The Hall–Kier alpha value is -3.18. The van der Waals surface area contributed by atoms with Crippen molar-refractivity contribution in [2.24, 2.45) is 0 Å². The van der Waals surface area contributed by atoms with Crippen LogP contribution in [-0.4, -0.2) is 12.5 Å². The van der Waals surface area contributed by atoms with Crippen LogP contribution in [0.3, 0.4) is 0 Å². The molecule has 32 heavy (non-hydrogen) atoms. The molecule has 0 unspecified atom stereocenters. The number of anilines is 1. The molecule has 1 N–H and O–H groups in total. The third kappa shape index (κ3) is 5.95. The van der Waals surface area contributed by atoms with E-state index in [9.17, 15) is 14.4 Å². The van der Waals surface area contributed by atoms with Gasteiger partial charge < -0.3 is 10.1 Å². The number of rotatable bonds is 7. The van der Waals surface area contributed by atoms with Crippen LogP contribution < -0.4 is 10.1 Å². The number of nitrogens with one attached hydrogen (secondary N) is 1. The molecule has 0 heterocycles. The van der Waals surface area contributed by atoms with Crippen molar-refractivity contribution in [3.8, 4) is 11.8 Å². The summed E-state index contributed by atoms with van der Waals surface area (Å²) in [4.78, 5) is 12.6. The fourth-order valence-corrected chi connectivity index (χ4v) is 3.97. The van der Waals surface area contributed by atoms with Gasteiger partial charge in [0.15, 0.2) is 0 Å². The highest BCUT2D eigenvalue weighted by Gasteiger charge is 2.15. The zero-order chi connectivity index (χ0) is 23.1. The molecule has 6 heteroatoms. The van der Waals surface area contributed by atoms with Crippen molar-refractivity contribution in [1.29, 1.82) is 5.26 Å². The second-order valence-corrected chi connectivity index (χ2v) is 8.33. The van der Waals surface area contributed by atoms with Crippen LogP contribution in [0.2, 0.25) is 0 Å². The van der Waals surface area contributed by atoms with Crippen molar-refractivity contribution in [3.05, 3.63) is 97.9 Å². The van der Waals surface area contributed by atoms with Crippen LogP contribution >= 0.6 is 22.6 Å². The summed E-state index contributed by atoms with van der Waals surface area (Å²) in [5, 5.41) is 12.3. The van der Waals surface area contributed by atoms with Crippen LogP contribution in [0.25, 0.3) is 6.08 Å². The molecule has 3 aromatic rings. The van der Waals surface area contributed by atoms with Crippen LogP contribution in [0, 0.1) is 27.6 Å². The Bertz CT molecular complexity index is 1200. The highest BCUT2D eigenvalue weighted by atomic mass is 127. The van der Waals surface area contributed by atoms with Gasteiger partial charge in [-0.3, -0.25) is 4.79 Å². The topological polar surface area (TPSA) is 62.1 Å². The summed E-state index contributed by atoms with van der Waals surface area (Å²) < 4.78 is 20.9. The molecular weight excluding hydrogens is 518 g/mol. The second-order valence-electron chi connectivity index (χ2n) is 7.17. The van der Waals surface area contributed by atoms with E-state index < -0.39 is 5.91 Å². The van der Waals surface area contributed by atoms with Crippen molar-refractivity contribution in [2.45, 2.75) is 20.3 Å². The first-order valence-corrected chi connectivity index (χ1v) is 11.2. The van der Waals surface area contributed by atoms with E-state index in [-0.39, 0.29) is 11.4 Å². The van der Waals surface area contributed by atoms with Gasteiger partial charge in [-0.15, -0.1) is 0 Å². The zero-order valence-electron chi connectivity index (χ0n) is 17.8. The van der Waals surface area contributed by atoms with Gasteiger partial charge >= 0.3 is 0 Å². The zero-order valence-corrected chi connectivity index (χ0v) is 19.9. The van der Waals surface area contributed by atoms with E-state index in [0.29, 0.717) is 35.6 Å². The maximum atomic E-state index is 14.2. The molecule has 0 aliphatic carbocycles. The lowest BCUT2D eigenvalue weighted by Gasteiger charge is -2.14. The molecule has 0 spiro atoms. The van der Waals surface area contributed by atoms with Crippen LogP contribution in [0.4, 0.5) is 10.1 Å². The molecule has 0 aromatic heterocycles. The van der Waals surface area contributed by atoms with Gasteiger partial charge in [0.05, 0.1) is 6.61 Å². The number of carbonyl (C=O) groups is 1. The predicted octanol–water partition coefficient (Wildman–Crippen LogP) is 6.27. The summed E-state index contributed by atoms with van der Waals surface area (Å²) in [5.41, 5.74) is 3.76. The average molecular weight is 540 g/mol. The molecule has 0 atom stereocenters. The van der Waals surface area contributed by atoms with Gasteiger partial charge in [0.1, 0.15) is 23.2 Å². The lowest BCUT2D eigenvalue weighted by Crippen LogP contribution is -2.13. The van der Waals surface area contributed by atoms with Gasteiger partial charge in [-0.1, -0.05) is 35.9 Å². The number of halogens is 2. The van der Waals surface area contributed by atoms with Gasteiger partial charge in [-0.25, -0.2) is 4.39 Å². The SMILES string of the molecule is CCOc1cc(/C=C(\C#N)C(=O)Nc2ccc(C)cc2)cc(I)c1Cc1ccccc1F. The molecule has 0 saturated heterocycles. The molecule has 0 aliphatic heterocycles. The smallest absolute Gasteiger partial charge is 0.266 e. The normalized spacial score (nSPS) is 11.0. The lowest BCUT2D eigenvalue weighted by molar-refractivity contribution is -0.112. The van der Waals surface area contributed by atoms with E-state index in [1.807, 2.05) is 38.1 Å². The molecule has 1 amide bonds. The van der Waals surface area contributed by atoms with E-state index in [0.717, 1.165) is 14.7 Å². The number of hydrogen-bond acceptors (Lipinski definition) is 3. The molecule has 3 aromatic carbocycles. The Balaban J connectivity index is 1.91. The number of aryl methyl sites for hydroxylation is 1. The van der Waals surface area contributed by atoms with Gasteiger partial charge in [0, 0.05) is 21.2 Å². The summed E-state index contributed by atoms with van der Waals surface area (Å²) in [6, 6.07) is 19.6. The Morgan fingerprint density at radius 2 is 1.91 bits per heavy atom. The van der Waals surface area contributed by atoms with E-state index >= 15 is 0 Å². The van der Waals surface area contributed by atoms with E-state index in [1.165, 1.54) is 12.1 Å². The molecule has 0 saturated carbocycles. The van der Waals surface area contributed by atoms with Crippen molar-refractivity contribution in [1.82, 2.24) is 0 Å². The maximum absolute atomic E-state index is 14.2. The minimum atomic E-state index is -0.486. The quantitative estimate of drug-likeness (QED) is 0.218. The van der Waals surface area contributed by atoms with Crippen LogP contribution in [-0.2, 0) is 11.2 Å². The fraction of sp³-hybridized carbons (Fsp3) is 0.154. The average Bonchev–Trinajstić information content (AvgIpc) is 2.77. The summed E-state index contributed by atoms with van der Waals surface area (Å²) in [6.07, 6.45) is 1.91. The molecule has 0 fully saturated rings. The summed E-state index contributed by atoms with van der Waals surface area (Å²) >= 11 is 2.17. The van der Waals surface area contributed by atoms with Crippen molar-refractivity contribution < 1.29 is 13.9 Å². The molecule has 4 nitrogen and oxygen atoms in total. The molecule has 0 radical (unpaired) electrons. The number of carbonyl (C=O) groups excluding carboxylic acids is 1. The van der Waals surface area contributed by atoms with Crippen molar-refractivity contribution in [2.75, 3.05) is 11.9 Å². The van der Waals surface area contributed by atoms with Gasteiger partial charge in [-0.05, 0) is 84.0 Å². The fourth-order valence-electron chi connectivity index (χ4n) is 3.15. The highest BCUT2D eigenvalue weighted by molar-refractivity contribution is 14.1. The summed E-state index contributed by atoms with van der Waals surface area (Å²) in [7, 11) is 0. The van der Waals surface area contributed by atoms with Gasteiger partial charge in [-0.2, -0.15) is 5.26 Å². The third-order valence-electron chi connectivity index (χ3n) is 4.79. The minimum Gasteiger partial charge on any atom is -0.494 e. The first kappa shape index (κ1) is 23.5. The van der Waals surface area contributed by atoms with Gasteiger partial charge in [0.2, 0.25) is 0 Å². The Labute approximate surface area is 200 Å². The van der Waals surface area contributed by atoms with Gasteiger partial charge in [0.25, 0.3) is 5.91 Å². The molecule has 0 bridgehead atoms. The summed E-state index contributed by atoms with van der Waals surface area (Å²) in [6.45, 7) is 4.27. The predicted molar refractivity (Wildman–Crippen MR) is 133 cm³/mol. The highest BCUT2D eigenvalue weighted by Crippen LogP contribution is 2.30. The summed E-state index contributed by atoms with van der Waals surface area (Å²) in [5.74, 6) is -0.154. The van der Waals surface area contributed by atoms with Crippen LogP contribution in [0.5, 0.6) is 5.75 Å². The lowest BCUT2D eigenvalue weighted by atomic mass is 10.0. The molecule has 162 valence electrons. The van der Waals surface area contributed by atoms with E-state index in [2.05, 4.69) is 27.9 Å². The second kappa shape index (κ2) is 10.9. The standard InChI is InChI=1S/C26H22FIN2O2/c1-3-32-25-14-18(13-24(28)22(25)15-19-6-4-5-7-23(19)27)12-20(16-29)26(31)30-21-10-8-17(2)9-11-21/h4-14H,3,15H2,1-2H3,(H,30,31)/b20-12+. The monoisotopic (exact) mass is 540 g/mol. The van der Waals surface area contributed by atoms with Crippen molar-refractivity contribution >= 4 is 40.3 Å². The van der Waals surface area contributed by atoms with Crippen molar-refractivity contribution in [3.63, 3.8) is 0 Å². The third-order valence-corrected chi connectivity index (χ3v) is 5.75. The number of amides is 1. The number of hydrogen-bond donors (Lipinski definition) is 1. The first-order valence-electron chi connectivity index (χ1n) is 10.1. The molecular formula is C26H22FIN2O2. The molecule has 0 aliphatic rings. The largest absolute Gasteiger partial charge is 0.494 e. The van der Waals surface area contributed by atoms with Crippen LogP contribution in [0.1, 0.15) is 29.2 Å². The first-order chi connectivity index (χ1) is 15.4. The molecule has 3 rings (SSSR count). The van der Waals surface area contributed by atoms with Crippen LogP contribution in [0.15, 0.2) is 66.2 Å². The Morgan fingerprint density at radius 1 is 1.19 bits per heavy atom. The number of benzene rings is 3. The minimum absolute atomic E-state index is 0.0225. The Morgan fingerprint density at radius 3 is 2.56 bits per heavy atom.